The first-order valence-electron chi connectivity index (χ1n) is 13.3. The first-order valence-corrected chi connectivity index (χ1v) is 13.3. The van der Waals surface area contributed by atoms with Gasteiger partial charge in [-0.25, -0.2) is 4.79 Å². The number of unbranched alkanes of at least 4 members (excludes halogenated alkanes) is 11. The lowest BCUT2D eigenvalue weighted by molar-refractivity contribution is -0.141. The number of aliphatic carboxylic acids is 1. The van der Waals surface area contributed by atoms with Gasteiger partial charge in [-0.2, -0.15) is 0 Å². The van der Waals surface area contributed by atoms with Crippen molar-refractivity contribution in [2.45, 2.75) is 109 Å². The highest BCUT2D eigenvalue weighted by Crippen LogP contribution is 2.19. The second-order valence-electron chi connectivity index (χ2n) is 9.36. The van der Waals surface area contributed by atoms with Gasteiger partial charge in [-0.3, -0.25) is 4.79 Å². The molecule has 0 saturated heterocycles. The summed E-state index contributed by atoms with van der Waals surface area (Å²) < 4.78 is 0. The van der Waals surface area contributed by atoms with E-state index in [4.69, 9.17) is 0 Å². The third kappa shape index (κ3) is 11.0. The van der Waals surface area contributed by atoms with Crippen LogP contribution in [0.1, 0.15) is 102 Å². The van der Waals surface area contributed by atoms with E-state index in [0.717, 1.165) is 42.1 Å². The van der Waals surface area contributed by atoms with Gasteiger partial charge < -0.3 is 15.4 Å². The minimum atomic E-state index is -0.997. The fourth-order valence-corrected chi connectivity index (χ4v) is 4.34. The van der Waals surface area contributed by atoms with Crippen molar-refractivity contribution in [1.29, 1.82) is 0 Å². The first-order chi connectivity index (χ1) is 16.6. The number of rotatable bonds is 19. The third-order valence-electron chi connectivity index (χ3n) is 6.40. The fraction of sp³-hybridized carbons (Fsp3) is 0.586. The molecule has 1 heterocycles. The minimum absolute atomic E-state index is 0.176. The number of benzene rings is 1. The summed E-state index contributed by atoms with van der Waals surface area (Å²) in [5, 5.41) is 13.3. The monoisotopic (exact) mass is 468 g/mol. The van der Waals surface area contributed by atoms with Crippen molar-refractivity contribution in [2.75, 3.05) is 0 Å². The molecule has 3 N–H and O–H groups in total. The minimum Gasteiger partial charge on any atom is -0.480 e. The average Bonchev–Trinajstić information content (AvgIpc) is 3.24. The van der Waals surface area contributed by atoms with Crippen LogP contribution in [-0.4, -0.2) is 28.0 Å². The lowest BCUT2D eigenvalue weighted by Gasteiger charge is -2.14. The topological polar surface area (TPSA) is 82.2 Å². The van der Waals surface area contributed by atoms with Gasteiger partial charge in [0, 0.05) is 29.9 Å². The number of aromatic amines is 1. The van der Waals surface area contributed by atoms with Gasteiger partial charge in [-0.05, 0) is 43.7 Å². The van der Waals surface area contributed by atoms with Crippen LogP contribution in [0.2, 0.25) is 0 Å². The van der Waals surface area contributed by atoms with E-state index in [1.807, 2.05) is 30.5 Å². The molecular weight excluding hydrogens is 424 g/mol. The fourth-order valence-electron chi connectivity index (χ4n) is 4.34. The van der Waals surface area contributed by atoms with Crippen molar-refractivity contribution < 1.29 is 14.7 Å². The van der Waals surface area contributed by atoms with Crippen LogP contribution in [-0.2, 0) is 16.0 Å². The van der Waals surface area contributed by atoms with Crippen molar-refractivity contribution >= 4 is 22.8 Å². The van der Waals surface area contributed by atoms with E-state index in [2.05, 4.69) is 29.4 Å². The molecule has 1 atom stereocenters. The van der Waals surface area contributed by atoms with E-state index in [1.165, 1.54) is 57.8 Å². The highest BCUT2D eigenvalue weighted by molar-refractivity contribution is 5.86. The van der Waals surface area contributed by atoms with Crippen LogP contribution >= 0.6 is 0 Å². The number of nitrogens with one attached hydrogen (secondary N) is 2. The van der Waals surface area contributed by atoms with Crippen molar-refractivity contribution in [2.24, 2.45) is 0 Å². The summed E-state index contributed by atoms with van der Waals surface area (Å²) in [6.07, 6.45) is 22.9. The molecular formula is C29H44N2O3. The quantitative estimate of drug-likeness (QED) is 0.149. The van der Waals surface area contributed by atoms with Gasteiger partial charge in [0.15, 0.2) is 0 Å². The van der Waals surface area contributed by atoms with Gasteiger partial charge >= 0.3 is 5.97 Å². The Bertz CT molecular complexity index is 871. The Labute approximate surface area is 205 Å². The van der Waals surface area contributed by atoms with Crippen LogP contribution in [0, 0.1) is 0 Å². The van der Waals surface area contributed by atoms with E-state index in [1.54, 1.807) is 0 Å². The number of para-hydroxylation sites is 1. The van der Waals surface area contributed by atoms with E-state index in [-0.39, 0.29) is 12.3 Å². The van der Waals surface area contributed by atoms with Crippen molar-refractivity contribution in [1.82, 2.24) is 10.3 Å². The Hall–Kier alpha value is -2.56. The molecule has 0 aliphatic carbocycles. The second-order valence-corrected chi connectivity index (χ2v) is 9.36. The number of allylic oxidation sites excluding steroid dienone is 2. The predicted octanol–water partition coefficient (Wildman–Crippen LogP) is 7.32. The van der Waals surface area contributed by atoms with E-state index in [0.29, 0.717) is 6.42 Å². The maximum absolute atomic E-state index is 12.3. The molecule has 5 heteroatoms. The summed E-state index contributed by atoms with van der Waals surface area (Å²) >= 11 is 0. The molecule has 1 amide bonds. The maximum atomic E-state index is 12.3. The highest BCUT2D eigenvalue weighted by atomic mass is 16.4. The SMILES string of the molecule is CCCCCCCC/C=C\CCCCCCCC(=O)N[C@@H](Cc1c[nH]c2ccccc12)C(=O)O. The van der Waals surface area contributed by atoms with Gasteiger partial charge in [0.1, 0.15) is 6.04 Å². The van der Waals surface area contributed by atoms with Crippen molar-refractivity contribution in [3.8, 4) is 0 Å². The summed E-state index contributed by atoms with van der Waals surface area (Å²) in [7, 11) is 0. The van der Waals surface area contributed by atoms with Gasteiger partial charge in [0.05, 0.1) is 0 Å². The molecule has 2 aromatic rings. The number of hydrogen-bond acceptors (Lipinski definition) is 2. The number of carboxylic acid groups (broad SMARTS) is 1. The largest absolute Gasteiger partial charge is 0.480 e. The van der Waals surface area contributed by atoms with Crippen molar-refractivity contribution in [3.63, 3.8) is 0 Å². The van der Waals surface area contributed by atoms with Gasteiger partial charge in [0.2, 0.25) is 5.91 Å². The zero-order chi connectivity index (χ0) is 24.4. The molecule has 0 aliphatic heterocycles. The van der Waals surface area contributed by atoms with E-state index < -0.39 is 12.0 Å². The molecule has 0 spiro atoms. The van der Waals surface area contributed by atoms with Gasteiger partial charge in [0.25, 0.3) is 0 Å². The molecule has 0 radical (unpaired) electrons. The smallest absolute Gasteiger partial charge is 0.326 e. The molecule has 2 rings (SSSR count). The highest BCUT2D eigenvalue weighted by Gasteiger charge is 2.21. The van der Waals surface area contributed by atoms with Crippen LogP contribution in [0.3, 0.4) is 0 Å². The summed E-state index contributed by atoms with van der Waals surface area (Å²) in [5.41, 5.74) is 1.88. The van der Waals surface area contributed by atoms with Gasteiger partial charge in [-0.15, -0.1) is 0 Å². The number of H-pyrrole nitrogens is 1. The molecule has 34 heavy (non-hydrogen) atoms. The molecule has 0 bridgehead atoms. The molecule has 1 aromatic carbocycles. The normalized spacial score (nSPS) is 12.4. The average molecular weight is 469 g/mol. The summed E-state index contributed by atoms with van der Waals surface area (Å²) in [6, 6.07) is 6.89. The Morgan fingerprint density at radius 1 is 0.912 bits per heavy atom. The zero-order valence-corrected chi connectivity index (χ0v) is 21.0. The number of carboxylic acids is 1. The summed E-state index contributed by atoms with van der Waals surface area (Å²) in [5.74, 6) is -1.17. The molecule has 0 aliphatic rings. The predicted molar refractivity (Wildman–Crippen MR) is 141 cm³/mol. The zero-order valence-electron chi connectivity index (χ0n) is 21.0. The molecule has 0 fully saturated rings. The van der Waals surface area contributed by atoms with Crippen molar-refractivity contribution in [3.05, 3.63) is 48.2 Å². The number of aromatic nitrogens is 1. The Morgan fingerprint density at radius 3 is 2.21 bits per heavy atom. The summed E-state index contributed by atoms with van der Waals surface area (Å²) in [4.78, 5) is 27.1. The van der Waals surface area contributed by atoms with Crippen LogP contribution in [0.5, 0.6) is 0 Å². The lowest BCUT2D eigenvalue weighted by Crippen LogP contribution is -2.42. The molecule has 0 unspecified atom stereocenters. The Kier molecular flexibility index (Phi) is 13.8. The van der Waals surface area contributed by atoms with Crippen LogP contribution in [0.25, 0.3) is 10.9 Å². The number of carbonyl (C=O) groups is 2. The van der Waals surface area contributed by atoms with E-state index in [9.17, 15) is 14.7 Å². The van der Waals surface area contributed by atoms with E-state index >= 15 is 0 Å². The Morgan fingerprint density at radius 2 is 1.53 bits per heavy atom. The molecule has 0 saturated carbocycles. The number of amides is 1. The van der Waals surface area contributed by atoms with Crippen LogP contribution in [0.4, 0.5) is 0 Å². The number of carbonyl (C=O) groups excluding carboxylic acids is 1. The van der Waals surface area contributed by atoms with Crippen LogP contribution < -0.4 is 5.32 Å². The third-order valence-corrected chi connectivity index (χ3v) is 6.40. The lowest BCUT2D eigenvalue weighted by atomic mass is 10.0. The standard InChI is InChI=1S/C29H44N2O3/c1-2-3-4-5-6-7-8-9-10-11-12-13-14-15-16-21-28(32)31-27(29(33)34)22-24-23-30-26-20-18-17-19-25(24)26/h9-10,17-20,23,27,30H,2-8,11-16,21-22H2,1H3,(H,31,32)(H,33,34)/b10-9-/t27-/m0/s1. The maximum Gasteiger partial charge on any atom is 0.326 e. The first kappa shape index (κ1) is 27.7. The Balaban J connectivity index is 1.52. The second kappa shape index (κ2) is 17.0. The molecule has 188 valence electrons. The molecule has 1 aromatic heterocycles. The van der Waals surface area contributed by atoms with Crippen LogP contribution in [0.15, 0.2) is 42.6 Å². The number of hydrogen-bond donors (Lipinski definition) is 3. The summed E-state index contributed by atoms with van der Waals surface area (Å²) in [6.45, 7) is 2.25. The molecule has 5 nitrogen and oxygen atoms in total. The van der Waals surface area contributed by atoms with Gasteiger partial charge in [-0.1, -0.05) is 88.6 Å². The number of fused-ring (bicyclic) bond motifs is 1.